The molecule has 0 aromatic carbocycles. The highest BCUT2D eigenvalue weighted by molar-refractivity contribution is 5.12. The van der Waals surface area contributed by atoms with Gasteiger partial charge in [-0.1, -0.05) is 0 Å². The highest BCUT2D eigenvalue weighted by Gasteiger charge is 2.02. The number of nitrogens with zero attached hydrogens (tertiary/aromatic N) is 2. The Kier molecular flexibility index (Phi) is 2.64. The van der Waals surface area contributed by atoms with E-state index in [0.29, 0.717) is 18.8 Å². The van der Waals surface area contributed by atoms with Crippen LogP contribution in [0.1, 0.15) is 11.3 Å². The third-order valence-corrected chi connectivity index (χ3v) is 2.05. The molecule has 15 heavy (non-hydrogen) atoms. The van der Waals surface area contributed by atoms with E-state index in [1.165, 1.54) is 10.8 Å². The first kappa shape index (κ1) is 9.67. The van der Waals surface area contributed by atoms with Gasteiger partial charge in [0.05, 0.1) is 12.8 Å². The van der Waals surface area contributed by atoms with Gasteiger partial charge < -0.3 is 10.2 Å². The third-order valence-electron chi connectivity index (χ3n) is 2.05. The second-order valence-electron chi connectivity index (χ2n) is 3.16. The van der Waals surface area contributed by atoms with E-state index in [-0.39, 0.29) is 5.69 Å². The molecule has 5 heteroatoms. The van der Waals surface area contributed by atoms with Crippen LogP contribution in [0.15, 0.2) is 40.0 Å². The smallest absolute Gasteiger partial charge is 0.347 e. The number of rotatable bonds is 3. The summed E-state index contributed by atoms with van der Waals surface area (Å²) in [4.78, 5) is 14.9. The molecule has 2 rings (SSSR count). The lowest BCUT2D eigenvalue weighted by molar-refractivity contribution is 0.486. The van der Waals surface area contributed by atoms with Gasteiger partial charge in [-0.25, -0.2) is 9.78 Å². The zero-order valence-corrected chi connectivity index (χ0v) is 8.09. The molecular formula is C10H11N3O2. The van der Waals surface area contributed by atoms with Crippen molar-refractivity contribution in [2.45, 2.75) is 13.1 Å². The summed E-state index contributed by atoms with van der Waals surface area (Å²) in [5.41, 5.74) is 6.08. The maximum absolute atomic E-state index is 11.3. The van der Waals surface area contributed by atoms with Crippen LogP contribution in [0.4, 0.5) is 0 Å². The maximum Gasteiger partial charge on any atom is 0.347 e. The van der Waals surface area contributed by atoms with Crippen molar-refractivity contribution in [3.8, 4) is 0 Å². The van der Waals surface area contributed by atoms with Gasteiger partial charge in [0, 0.05) is 24.5 Å². The number of hydrogen-bond donors (Lipinski definition) is 1. The number of nitrogens with two attached hydrogens (primary N) is 1. The summed E-state index contributed by atoms with van der Waals surface area (Å²) in [5.74, 6) is 0.700. The zero-order chi connectivity index (χ0) is 10.7. The van der Waals surface area contributed by atoms with Gasteiger partial charge in [-0.05, 0) is 12.1 Å². The van der Waals surface area contributed by atoms with E-state index in [0.717, 1.165) is 5.56 Å². The molecule has 0 fully saturated rings. The Morgan fingerprint density at radius 3 is 3.07 bits per heavy atom. The van der Waals surface area contributed by atoms with E-state index in [9.17, 15) is 4.79 Å². The highest BCUT2D eigenvalue weighted by Crippen LogP contribution is 2.07. The fourth-order valence-electron chi connectivity index (χ4n) is 1.29. The van der Waals surface area contributed by atoms with Gasteiger partial charge >= 0.3 is 5.69 Å². The lowest BCUT2D eigenvalue weighted by Gasteiger charge is -1.99. The van der Waals surface area contributed by atoms with Crippen molar-refractivity contribution in [3.63, 3.8) is 0 Å². The Hall–Kier alpha value is -1.88. The Bertz CT molecular complexity index is 501. The average Bonchev–Trinajstić information content (AvgIpc) is 2.69. The van der Waals surface area contributed by atoms with Gasteiger partial charge in [-0.3, -0.25) is 4.57 Å². The highest BCUT2D eigenvalue weighted by atomic mass is 16.3. The fraction of sp³-hybridized carbons (Fsp3) is 0.200. The van der Waals surface area contributed by atoms with Crippen LogP contribution in [0.5, 0.6) is 0 Å². The molecule has 2 heterocycles. The van der Waals surface area contributed by atoms with E-state index in [2.05, 4.69) is 4.98 Å². The molecule has 0 aliphatic carbocycles. The Morgan fingerprint density at radius 2 is 2.40 bits per heavy atom. The molecule has 0 saturated carbocycles. The summed E-state index contributed by atoms with van der Waals surface area (Å²) in [7, 11) is 0. The zero-order valence-electron chi connectivity index (χ0n) is 8.09. The standard InChI is InChI=1S/C10H11N3O2/c11-5-8-4-9(15-7-8)6-13-3-1-2-12-10(13)14/h1-4,7H,5-6,11H2. The first-order valence-electron chi connectivity index (χ1n) is 4.57. The molecule has 78 valence electrons. The van der Waals surface area contributed by atoms with Gasteiger partial charge in [-0.2, -0.15) is 0 Å². The van der Waals surface area contributed by atoms with Gasteiger partial charge in [0.25, 0.3) is 0 Å². The van der Waals surface area contributed by atoms with Crippen molar-refractivity contribution >= 4 is 0 Å². The van der Waals surface area contributed by atoms with Crippen molar-refractivity contribution in [3.05, 3.63) is 52.6 Å². The Balaban J connectivity index is 2.22. The number of furan rings is 1. The average molecular weight is 205 g/mol. The monoisotopic (exact) mass is 205 g/mol. The predicted molar refractivity (Wildman–Crippen MR) is 54.2 cm³/mol. The van der Waals surface area contributed by atoms with Crippen molar-refractivity contribution in [1.29, 1.82) is 0 Å². The molecule has 5 nitrogen and oxygen atoms in total. The van der Waals surface area contributed by atoms with E-state index >= 15 is 0 Å². The van der Waals surface area contributed by atoms with E-state index in [4.69, 9.17) is 10.2 Å². The van der Waals surface area contributed by atoms with Crippen molar-refractivity contribution in [2.75, 3.05) is 0 Å². The summed E-state index contributed by atoms with van der Waals surface area (Å²) < 4.78 is 6.72. The quantitative estimate of drug-likeness (QED) is 0.784. The second kappa shape index (κ2) is 4.10. The summed E-state index contributed by atoms with van der Waals surface area (Å²) in [6, 6.07) is 3.54. The number of aromatic nitrogens is 2. The molecular weight excluding hydrogens is 194 g/mol. The van der Waals surface area contributed by atoms with Gasteiger partial charge in [0.15, 0.2) is 0 Å². The van der Waals surface area contributed by atoms with Crippen LogP contribution in [0.25, 0.3) is 0 Å². The lowest BCUT2D eigenvalue weighted by Crippen LogP contribution is -2.21. The summed E-state index contributed by atoms with van der Waals surface area (Å²) in [5, 5.41) is 0. The molecule has 2 N–H and O–H groups in total. The van der Waals surface area contributed by atoms with Crippen LogP contribution in [0.3, 0.4) is 0 Å². The van der Waals surface area contributed by atoms with Crippen LogP contribution in [0.2, 0.25) is 0 Å². The van der Waals surface area contributed by atoms with Crippen LogP contribution >= 0.6 is 0 Å². The van der Waals surface area contributed by atoms with E-state index in [1.54, 1.807) is 18.5 Å². The van der Waals surface area contributed by atoms with Crippen LogP contribution in [-0.2, 0) is 13.1 Å². The molecule has 0 spiro atoms. The minimum Gasteiger partial charge on any atom is -0.467 e. The Labute approximate surface area is 86.2 Å². The molecule has 0 aliphatic heterocycles. The summed E-state index contributed by atoms with van der Waals surface area (Å²) >= 11 is 0. The second-order valence-corrected chi connectivity index (χ2v) is 3.16. The SMILES string of the molecule is NCc1coc(Cn2cccnc2=O)c1. The van der Waals surface area contributed by atoms with Crippen LogP contribution < -0.4 is 11.4 Å². The van der Waals surface area contributed by atoms with Gasteiger partial charge in [-0.15, -0.1) is 0 Å². The normalized spacial score (nSPS) is 10.5. The minimum absolute atomic E-state index is 0.289. The molecule has 0 amide bonds. The van der Waals surface area contributed by atoms with Crippen LogP contribution in [0, 0.1) is 0 Å². The topological polar surface area (TPSA) is 74.0 Å². The molecule has 0 radical (unpaired) electrons. The molecule has 2 aromatic heterocycles. The number of hydrogen-bond acceptors (Lipinski definition) is 4. The Morgan fingerprint density at radius 1 is 1.53 bits per heavy atom. The maximum atomic E-state index is 11.3. The summed E-state index contributed by atoms with van der Waals surface area (Å²) in [6.45, 7) is 0.818. The molecule has 0 atom stereocenters. The molecule has 2 aromatic rings. The van der Waals surface area contributed by atoms with Gasteiger partial charge in [0.1, 0.15) is 5.76 Å². The fourth-order valence-corrected chi connectivity index (χ4v) is 1.29. The molecule has 0 aliphatic rings. The molecule has 0 unspecified atom stereocenters. The first-order valence-corrected chi connectivity index (χ1v) is 4.57. The molecule has 0 saturated heterocycles. The van der Waals surface area contributed by atoms with Crippen LogP contribution in [-0.4, -0.2) is 9.55 Å². The first-order chi connectivity index (χ1) is 7.29. The van der Waals surface area contributed by atoms with E-state index < -0.39 is 0 Å². The van der Waals surface area contributed by atoms with Crippen molar-refractivity contribution in [1.82, 2.24) is 9.55 Å². The van der Waals surface area contributed by atoms with Crippen molar-refractivity contribution in [2.24, 2.45) is 5.73 Å². The predicted octanol–water partition coefficient (Wildman–Crippen LogP) is 0.343. The third kappa shape index (κ3) is 2.13. The summed E-state index contributed by atoms with van der Waals surface area (Å²) in [6.07, 6.45) is 4.73. The van der Waals surface area contributed by atoms with E-state index in [1.807, 2.05) is 6.07 Å². The largest absolute Gasteiger partial charge is 0.467 e. The van der Waals surface area contributed by atoms with Crippen molar-refractivity contribution < 1.29 is 4.42 Å². The van der Waals surface area contributed by atoms with Gasteiger partial charge in [0.2, 0.25) is 0 Å². The lowest BCUT2D eigenvalue weighted by atomic mass is 10.3. The molecule has 0 bridgehead atoms. The minimum atomic E-state index is -0.289.